The number of carbonyl (C=O) groups is 2. The number of allylic oxidation sites excluding steroid dienone is 1. The van der Waals surface area contributed by atoms with Crippen molar-refractivity contribution in [2.45, 2.75) is 56.6 Å². The van der Waals surface area contributed by atoms with E-state index in [4.69, 9.17) is 11.6 Å². The highest BCUT2D eigenvalue weighted by molar-refractivity contribution is 6.31. The van der Waals surface area contributed by atoms with Crippen LogP contribution in [0.3, 0.4) is 0 Å². The Labute approximate surface area is 238 Å². The Bertz CT molecular complexity index is 1360. The zero-order valence-electron chi connectivity index (χ0n) is 21.2. The maximum absolute atomic E-state index is 14.9. The van der Waals surface area contributed by atoms with Crippen LogP contribution in [-0.4, -0.2) is 30.3 Å². The predicted molar refractivity (Wildman–Crippen MR) is 126 cm³/mol. The standard InChI is InChI=1S/C25H18ClF13N2O2/c1-11(40-20(42)6-7-22(28,29)30)41-21(43)14-4-2-13(9-16(14)24(34,35)36)19(27)10-15(23(31,32)33)12-3-5-18(26)17(8-12)25(37,38)39/h2-5,8-11,15H,6-7H2,1H3,(H,40,42)(H,41,43)/b19-10-/t11-,15?/m1/s1. The van der Waals surface area contributed by atoms with E-state index in [2.05, 4.69) is 0 Å². The number of alkyl halides is 12. The molecule has 2 aromatic rings. The van der Waals surface area contributed by atoms with Crippen LogP contribution < -0.4 is 10.6 Å². The molecule has 0 aliphatic heterocycles. The summed E-state index contributed by atoms with van der Waals surface area (Å²) in [5.74, 6) is -7.74. The second-order valence-corrected chi connectivity index (χ2v) is 9.31. The minimum Gasteiger partial charge on any atom is -0.336 e. The third kappa shape index (κ3) is 10.3. The molecule has 0 saturated carbocycles. The van der Waals surface area contributed by atoms with Crippen LogP contribution in [0.5, 0.6) is 0 Å². The van der Waals surface area contributed by atoms with Crippen LogP contribution in [0.4, 0.5) is 57.1 Å². The molecule has 2 aromatic carbocycles. The molecule has 0 aliphatic rings. The normalized spacial score (nSPS) is 14.7. The summed E-state index contributed by atoms with van der Waals surface area (Å²) < 4.78 is 173. The molecule has 2 atom stereocenters. The van der Waals surface area contributed by atoms with Gasteiger partial charge in [0.1, 0.15) is 11.7 Å². The summed E-state index contributed by atoms with van der Waals surface area (Å²) >= 11 is 5.40. The highest BCUT2D eigenvalue weighted by Crippen LogP contribution is 2.43. The second-order valence-electron chi connectivity index (χ2n) is 8.91. The van der Waals surface area contributed by atoms with Crippen molar-refractivity contribution >= 4 is 29.2 Å². The van der Waals surface area contributed by atoms with E-state index in [1.165, 1.54) is 0 Å². The third-order valence-electron chi connectivity index (χ3n) is 5.53. The van der Waals surface area contributed by atoms with Gasteiger partial charge in [-0.25, -0.2) is 4.39 Å². The first kappa shape index (κ1) is 35.7. The number of hydrogen-bond donors (Lipinski definition) is 2. The van der Waals surface area contributed by atoms with Crippen LogP contribution >= 0.6 is 11.6 Å². The molecule has 0 fully saturated rings. The van der Waals surface area contributed by atoms with E-state index in [1.54, 1.807) is 0 Å². The van der Waals surface area contributed by atoms with Gasteiger partial charge in [-0.1, -0.05) is 23.7 Å². The van der Waals surface area contributed by atoms with E-state index < -0.39 is 100 Å². The van der Waals surface area contributed by atoms with Crippen molar-refractivity contribution in [3.63, 3.8) is 0 Å². The quantitative estimate of drug-likeness (QED) is 0.220. The van der Waals surface area contributed by atoms with Crippen LogP contribution in [0.25, 0.3) is 5.83 Å². The number of halogens is 14. The molecule has 2 N–H and O–H groups in total. The van der Waals surface area contributed by atoms with E-state index in [9.17, 15) is 66.7 Å². The van der Waals surface area contributed by atoms with Gasteiger partial charge in [0.2, 0.25) is 5.91 Å². The van der Waals surface area contributed by atoms with Gasteiger partial charge in [-0.05, 0) is 42.8 Å². The van der Waals surface area contributed by atoms with Crippen LogP contribution in [0.2, 0.25) is 5.02 Å². The van der Waals surface area contributed by atoms with Crippen molar-refractivity contribution in [1.29, 1.82) is 0 Å². The molecule has 4 nitrogen and oxygen atoms in total. The maximum Gasteiger partial charge on any atom is 0.417 e. The Morgan fingerprint density at radius 2 is 1.42 bits per heavy atom. The first-order valence-corrected chi connectivity index (χ1v) is 12.0. The lowest BCUT2D eigenvalue weighted by molar-refractivity contribution is -0.144. The largest absolute Gasteiger partial charge is 0.417 e. The van der Waals surface area contributed by atoms with Crippen molar-refractivity contribution in [1.82, 2.24) is 10.6 Å². The van der Waals surface area contributed by atoms with Crippen LogP contribution in [-0.2, 0) is 17.1 Å². The predicted octanol–water partition coefficient (Wildman–Crippen LogP) is 8.57. The lowest BCUT2D eigenvalue weighted by Gasteiger charge is -2.20. The molecule has 238 valence electrons. The van der Waals surface area contributed by atoms with Gasteiger partial charge in [-0.2, -0.15) is 52.7 Å². The van der Waals surface area contributed by atoms with E-state index in [-0.39, 0.29) is 18.2 Å². The summed E-state index contributed by atoms with van der Waals surface area (Å²) in [6.07, 6.45) is -25.0. The van der Waals surface area contributed by atoms with Gasteiger partial charge in [-0.15, -0.1) is 0 Å². The SMILES string of the molecule is C[C@H](NC(=O)CCC(F)(F)F)NC(=O)c1ccc(/C(F)=C/C(c2ccc(Cl)c(C(F)(F)F)c2)C(F)(F)F)cc1C(F)(F)F. The van der Waals surface area contributed by atoms with Crippen molar-refractivity contribution in [3.05, 3.63) is 75.3 Å². The zero-order chi connectivity index (χ0) is 33.1. The Morgan fingerprint density at radius 3 is 1.93 bits per heavy atom. The minimum absolute atomic E-state index is 0.0158. The molecule has 0 saturated heterocycles. The smallest absolute Gasteiger partial charge is 0.336 e. The topological polar surface area (TPSA) is 58.2 Å². The van der Waals surface area contributed by atoms with Crippen LogP contribution in [0, 0.1) is 0 Å². The monoisotopic (exact) mass is 660 g/mol. The fourth-order valence-corrected chi connectivity index (χ4v) is 3.81. The second kappa shape index (κ2) is 13.0. The Balaban J connectivity index is 2.42. The maximum atomic E-state index is 14.9. The van der Waals surface area contributed by atoms with Gasteiger partial charge < -0.3 is 10.6 Å². The average molecular weight is 661 g/mol. The lowest BCUT2D eigenvalue weighted by Crippen LogP contribution is -2.46. The van der Waals surface area contributed by atoms with Crippen LogP contribution in [0.15, 0.2) is 42.5 Å². The summed E-state index contributed by atoms with van der Waals surface area (Å²) in [7, 11) is 0. The van der Waals surface area contributed by atoms with E-state index in [1.807, 2.05) is 10.6 Å². The Kier molecular flexibility index (Phi) is 10.8. The molecule has 43 heavy (non-hydrogen) atoms. The fourth-order valence-electron chi connectivity index (χ4n) is 3.58. The first-order chi connectivity index (χ1) is 19.4. The molecule has 0 aromatic heterocycles. The molecule has 18 heteroatoms. The lowest BCUT2D eigenvalue weighted by atomic mass is 9.94. The summed E-state index contributed by atoms with van der Waals surface area (Å²) in [6, 6.07) is 1.87. The average Bonchev–Trinajstić information content (AvgIpc) is 2.83. The Morgan fingerprint density at radius 1 is 0.837 bits per heavy atom. The highest BCUT2D eigenvalue weighted by atomic mass is 35.5. The number of benzene rings is 2. The molecule has 0 heterocycles. The first-order valence-electron chi connectivity index (χ1n) is 11.6. The summed E-state index contributed by atoms with van der Waals surface area (Å²) in [5.41, 5.74) is -6.97. The minimum atomic E-state index is -5.42. The summed E-state index contributed by atoms with van der Waals surface area (Å²) in [5, 5.41) is 2.81. The number of nitrogens with one attached hydrogen (secondary N) is 2. The molecule has 0 spiro atoms. The van der Waals surface area contributed by atoms with Gasteiger partial charge in [0, 0.05) is 12.0 Å². The van der Waals surface area contributed by atoms with Crippen molar-refractivity contribution in [3.8, 4) is 0 Å². The number of amides is 2. The van der Waals surface area contributed by atoms with Gasteiger partial charge in [0.05, 0.1) is 34.3 Å². The molecular weight excluding hydrogens is 643 g/mol. The van der Waals surface area contributed by atoms with Crippen molar-refractivity contribution in [2.24, 2.45) is 0 Å². The zero-order valence-corrected chi connectivity index (χ0v) is 22.0. The summed E-state index contributed by atoms with van der Waals surface area (Å²) in [6.45, 7) is 1.01. The fraction of sp³-hybridized carbons (Fsp3) is 0.360. The van der Waals surface area contributed by atoms with E-state index >= 15 is 0 Å². The Hall–Kier alpha value is -3.50. The molecule has 0 bridgehead atoms. The number of carbonyl (C=O) groups excluding carboxylic acids is 2. The molecule has 2 amide bonds. The van der Waals surface area contributed by atoms with Gasteiger partial charge in [-0.3, -0.25) is 9.59 Å². The van der Waals surface area contributed by atoms with E-state index in [0.29, 0.717) is 24.3 Å². The highest BCUT2D eigenvalue weighted by Gasteiger charge is 2.42. The van der Waals surface area contributed by atoms with Gasteiger partial charge in [0.15, 0.2) is 0 Å². The number of rotatable bonds is 8. The molecular formula is C25H18ClF13N2O2. The molecule has 1 unspecified atom stereocenters. The van der Waals surface area contributed by atoms with Crippen LogP contribution in [0.1, 0.15) is 58.3 Å². The van der Waals surface area contributed by atoms with Crippen molar-refractivity contribution < 1.29 is 66.7 Å². The van der Waals surface area contributed by atoms with Gasteiger partial charge >= 0.3 is 24.7 Å². The van der Waals surface area contributed by atoms with Gasteiger partial charge in [0.25, 0.3) is 5.91 Å². The van der Waals surface area contributed by atoms with Crippen molar-refractivity contribution in [2.75, 3.05) is 0 Å². The summed E-state index contributed by atoms with van der Waals surface area (Å²) in [4.78, 5) is 24.0. The third-order valence-corrected chi connectivity index (χ3v) is 5.86. The molecule has 0 radical (unpaired) electrons. The molecule has 2 rings (SSSR count). The van der Waals surface area contributed by atoms with E-state index in [0.717, 1.165) is 6.92 Å². The molecule has 0 aliphatic carbocycles. The number of hydrogen-bond acceptors (Lipinski definition) is 2.